The highest BCUT2D eigenvalue weighted by atomic mass is 16.5. The van der Waals surface area contributed by atoms with Crippen LogP contribution in [0.4, 0.5) is 5.69 Å². The van der Waals surface area contributed by atoms with Crippen LogP contribution in [0.25, 0.3) is 0 Å². The van der Waals surface area contributed by atoms with Gasteiger partial charge in [-0.05, 0) is 29.3 Å². The summed E-state index contributed by atoms with van der Waals surface area (Å²) in [5, 5.41) is 5.62. The smallest absolute Gasteiger partial charge is 0.247 e. The van der Waals surface area contributed by atoms with Gasteiger partial charge in [-0.2, -0.15) is 0 Å². The van der Waals surface area contributed by atoms with Gasteiger partial charge in [-0.1, -0.05) is 24.3 Å². The van der Waals surface area contributed by atoms with Crippen LogP contribution in [0.3, 0.4) is 0 Å². The maximum absolute atomic E-state index is 12.3. The predicted octanol–water partition coefficient (Wildman–Crippen LogP) is 1.93. The molecule has 1 aliphatic heterocycles. The standard InChI is InChI=1S/C19H20N2O4/c1-24-16-8-7-12(9-17(16)25-2)10-18(22)20-15-11-13-5-3-4-6-14(13)21-19(15)23/h3-9,15H,10-11H2,1-2H3,(H,20,22)(H,21,23)/t15-/m1/s1. The zero-order valence-electron chi connectivity index (χ0n) is 14.2. The van der Waals surface area contributed by atoms with Gasteiger partial charge in [-0.15, -0.1) is 0 Å². The van der Waals surface area contributed by atoms with E-state index in [1.54, 1.807) is 32.4 Å². The topological polar surface area (TPSA) is 76.7 Å². The normalized spacial score (nSPS) is 15.8. The van der Waals surface area contributed by atoms with Crippen molar-refractivity contribution in [2.45, 2.75) is 18.9 Å². The third-order valence-corrected chi connectivity index (χ3v) is 4.16. The molecule has 2 amide bonds. The van der Waals surface area contributed by atoms with E-state index in [0.29, 0.717) is 17.9 Å². The first-order valence-electron chi connectivity index (χ1n) is 7.99. The summed E-state index contributed by atoms with van der Waals surface area (Å²) in [5.74, 6) is 0.762. The zero-order chi connectivity index (χ0) is 17.8. The molecule has 1 atom stereocenters. The molecule has 6 heteroatoms. The second-order valence-corrected chi connectivity index (χ2v) is 5.84. The number of fused-ring (bicyclic) bond motifs is 1. The van der Waals surface area contributed by atoms with Crippen molar-refractivity contribution >= 4 is 17.5 Å². The quantitative estimate of drug-likeness (QED) is 0.872. The van der Waals surface area contributed by atoms with Crippen molar-refractivity contribution in [1.29, 1.82) is 0 Å². The second-order valence-electron chi connectivity index (χ2n) is 5.84. The molecule has 2 aromatic rings. The molecule has 0 radical (unpaired) electrons. The molecular formula is C19H20N2O4. The Morgan fingerprint density at radius 1 is 1.16 bits per heavy atom. The largest absolute Gasteiger partial charge is 0.493 e. The van der Waals surface area contributed by atoms with Crippen LogP contribution in [0.1, 0.15) is 11.1 Å². The van der Waals surface area contributed by atoms with Crippen LogP contribution in [-0.4, -0.2) is 32.1 Å². The van der Waals surface area contributed by atoms with E-state index in [0.717, 1.165) is 16.8 Å². The number of carbonyl (C=O) groups excluding carboxylic acids is 2. The Morgan fingerprint density at radius 2 is 1.92 bits per heavy atom. The lowest BCUT2D eigenvalue weighted by molar-refractivity contribution is -0.126. The number of ether oxygens (including phenoxy) is 2. The Morgan fingerprint density at radius 3 is 2.68 bits per heavy atom. The molecule has 2 N–H and O–H groups in total. The van der Waals surface area contributed by atoms with Gasteiger partial charge in [0.2, 0.25) is 11.8 Å². The third kappa shape index (κ3) is 3.74. The Labute approximate surface area is 146 Å². The van der Waals surface area contributed by atoms with Crippen molar-refractivity contribution in [3.05, 3.63) is 53.6 Å². The Kier molecular flexibility index (Phi) is 4.88. The van der Waals surface area contributed by atoms with Crippen LogP contribution >= 0.6 is 0 Å². The lowest BCUT2D eigenvalue weighted by Crippen LogP contribution is -2.48. The number of nitrogens with one attached hydrogen (secondary N) is 2. The van der Waals surface area contributed by atoms with Crippen LogP contribution in [0.5, 0.6) is 11.5 Å². The average molecular weight is 340 g/mol. The van der Waals surface area contributed by atoms with Crippen molar-refractivity contribution < 1.29 is 19.1 Å². The molecule has 0 spiro atoms. The van der Waals surface area contributed by atoms with E-state index in [4.69, 9.17) is 9.47 Å². The highest BCUT2D eigenvalue weighted by Gasteiger charge is 2.27. The van der Waals surface area contributed by atoms with Gasteiger partial charge in [0.05, 0.1) is 20.6 Å². The maximum Gasteiger partial charge on any atom is 0.247 e. The molecule has 0 unspecified atom stereocenters. The van der Waals surface area contributed by atoms with Crippen molar-refractivity contribution in [1.82, 2.24) is 5.32 Å². The number of rotatable bonds is 5. The van der Waals surface area contributed by atoms with Crippen molar-refractivity contribution in [2.75, 3.05) is 19.5 Å². The minimum Gasteiger partial charge on any atom is -0.493 e. The molecule has 0 bridgehead atoms. The summed E-state index contributed by atoms with van der Waals surface area (Å²) < 4.78 is 10.4. The van der Waals surface area contributed by atoms with E-state index in [9.17, 15) is 9.59 Å². The lowest BCUT2D eigenvalue weighted by atomic mass is 9.98. The van der Waals surface area contributed by atoms with Gasteiger partial charge >= 0.3 is 0 Å². The maximum atomic E-state index is 12.3. The SMILES string of the molecule is COc1ccc(CC(=O)N[C@@H]2Cc3ccccc3NC2=O)cc1OC. The van der Waals surface area contributed by atoms with Gasteiger partial charge in [0.1, 0.15) is 6.04 Å². The van der Waals surface area contributed by atoms with E-state index in [-0.39, 0.29) is 18.2 Å². The molecule has 3 rings (SSSR count). The lowest BCUT2D eigenvalue weighted by Gasteiger charge is -2.25. The first-order valence-corrected chi connectivity index (χ1v) is 7.99. The Bertz CT molecular complexity index is 804. The first-order chi connectivity index (χ1) is 12.1. The van der Waals surface area contributed by atoms with Crippen LogP contribution in [0.2, 0.25) is 0 Å². The number of benzene rings is 2. The minimum atomic E-state index is -0.567. The molecule has 0 saturated carbocycles. The van der Waals surface area contributed by atoms with Crippen LogP contribution in [0, 0.1) is 0 Å². The summed E-state index contributed by atoms with van der Waals surface area (Å²) in [6.07, 6.45) is 0.644. The summed E-state index contributed by atoms with van der Waals surface area (Å²) in [6.45, 7) is 0. The predicted molar refractivity (Wildman–Crippen MR) is 94.0 cm³/mol. The first kappa shape index (κ1) is 16.8. The number of carbonyl (C=O) groups is 2. The van der Waals surface area contributed by atoms with Gasteiger partial charge in [0, 0.05) is 12.1 Å². The monoisotopic (exact) mass is 340 g/mol. The van der Waals surface area contributed by atoms with Gasteiger partial charge in [0.25, 0.3) is 0 Å². The fourth-order valence-electron chi connectivity index (χ4n) is 2.89. The van der Waals surface area contributed by atoms with E-state index < -0.39 is 6.04 Å². The average Bonchev–Trinajstić information content (AvgIpc) is 2.62. The van der Waals surface area contributed by atoms with Gasteiger partial charge in [-0.25, -0.2) is 0 Å². The molecule has 130 valence electrons. The van der Waals surface area contributed by atoms with Gasteiger partial charge in [0.15, 0.2) is 11.5 Å². The van der Waals surface area contributed by atoms with E-state index >= 15 is 0 Å². The van der Waals surface area contributed by atoms with Crippen molar-refractivity contribution in [3.8, 4) is 11.5 Å². The fourth-order valence-corrected chi connectivity index (χ4v) is 2.89. The highest BCUT2D eigenvalue weighted by Crippen LogP contribution is 2.27. The molecule has 2 aromatic carbocycles. The summed E-state index contributed by atoms with van der Waals surface area (Å²) in [4.78, 5) is 24.5. The molecule has 0 fully saturated rings. The molecule has 1 heterocycles. The summed E-state index contributed by atoms with van der Waals surface area (Å²) >= 11 is 0. The number of hydrogen-bond acceptors (Lipinski definition) is 4. The van der Waals surface area contributed by atoms with Crippen LogP contribution < -0.4 is 20.1 Å². The van der Waals surface area contributed by atoms with Gasteiger partial charge < -0.3 is 20.1 Å². The number of anilines is 1. The van der Waals surface area contributed by atoms with Crippen molar-refractivity contribution in [3.63, 3.8) is 0 Å². The zero-order valence-corrected chi connectivity index (χ0v) is 14.2. The molecule has 6 nitrogen and oxygen atoms in total. The third-order valence-electron chi connectivity index (χ3n) is 4.16. The van der Waals surface area contributed by atoms with Gasteiger partial charge in [-0.3, -0.25) is 9.59 Å². The van der Waals surface area contributed by atoms with Crippen LogP contribution in [-0.2, 0) is 22.4 Å². The van der Waals surface area contributed by atoms with E-state index in [1.807, 2.05) is 24.3 Å². The number of hydrogen-bond donors (Lipinski definition) is 2. The number of amides is 2. The molecule has 0 aliphatic carbocycles. The fraction of sp³-hybridized carbons (Fsp3) is 0.263. The number of methoxy groups -OCH3 is 2. The Hall–Kier alpha value is -3.02. The summed E-state index contributed by atoms with van der Waals surface area (Å²) in [7, 11) is 3.11. The minimum absolute atomic E-state index is 0.159. The summed E-state index contributed by atoms with van der Waals surface area (Å²) in [5.41, 5.74) is 2.60. The highest BCUT2D eigenvalue weighted by molar-refractivity contribution is 6.00. The summed E-state index contributed by atoms with van der Waals surface area (Å²) in [6, 6.07) is 12.3. The molecule has 25 heavy (non-hydrogen) atoms. The van der Waals surface area contributed by atoms with Crippen LogP contribution in [0.15, 0.2) is 42.5 Å². The van der Waals surface area contributed by atoms with E-state index in [1.165, 1.54) is 0 Å². The molecule has 0 aromatic heterocycles. The molecular weight excluding hydrogens is 320 g/mol. The molecule has 1 aliphatic rings. The Balaban J connectivity index is 1.66. The van der Waals surface area contributed by atoms with E-state index in [2.05, 4.69) is 10.6 Å². The van der Waals surface area contributed by atoms with Crippen molar-refractivity contribution in [2.24, 2.45) is 0 Å². The number of para-hydroxylation sites is 1. The molecule has 0 saturated heterocycles. The second kappa shape index (κ2) is 7.25.